The number of anilines is 1. The number of hydrogen-bond donors (Lipinski definition) is 3. The molecule has 9 nitrogen and oxygen atoms in total. The van der Waals surface area contributed by atoms with Crippen molar-refractivity contribution >= 4 is 33.2 Å². The molecule has 0 atom stereocenters. The van der Waals surface area contributed by atoms with Crippen molar-refractivity contribution in [1.29, 1.82) is 0 Å². The summed E-state index contributed by atoms with van der Waals surface area (Å²) in [5.41, 5.74) is 0. The van der Waals surface area contributed by atoms with Gasteiger partial charge in [-0.3, -0.25) is 5.32 Å². The molecule has 2 aromatic heterocycles. The Morgan fingerprint density at radius 2 is 2.12 bits per heavy atom. The van der Waals surface area contributed by atoms with E-state index in [1.54, 1.807) is 23.1 Å². The van der Waals surface area contributed by atoms with Crippen LogP contribution in [0.1, 0.15) is 32.1 Å². The van der Waals surface area contributed by atoms with Crippen LogP contribution in [0.25, 0.3) is 5.13 Å². The second-order valence-corrected chi connectivity index (χ2v) is 8.86. The number of nitrogens with one attached hydrogen (secondary N) is 3. The van der Waals surface area contributed by atoms with E-state index in [2.05, 4.69) is 25.4 Å². The van der Waals surface area contributed by atoms with E-state index in [0.717, 1.165) is 32.1 Å². The molecule has 2 heterocycles. The zero-order valence-electron chi connectivity index (χ0n) is 14.2. The fourth-order valence-corrected chi connectivity index (χ4v) is 4.63. The largest absolute Gasteiger partial charge is 0.337 e. The minimum absolute atomic E-state index is 0.0254. The van der Waals surface area contributed by atoms with Crippen LogP contribution < -0.4 is 15.4 Å². The number of carbonyl (C=O) groups excluding carboxylic acids is 1. The second kappa shape index (κ2) is 8.60. The van der Waals surface area contributed by atoms with Crippen molar-refractivity contribution in [3.05, 3.63) is 23.8 Å². The van der Waals surface area contributed by atoms with E-state index in [-0.39, 0.29) is 18.3 Å². The van der Waals surface area contributed by atoms with Crippen LogP contribution in [0.2, 0.25) is 0 Å². The van der Waals surface area contributed by atoms with E-state index in [1.807, 2.05) is 5.38 Å². The highest BCUT2D eigenvalue weighted by Crippen LogP contribution is 2.18. The number of urea groups is 1. The van der Waals surface area contributed by atoms with Gasteiger partial charge in [0, 0.05) is 36.4 Å². The van der Waals surface area contributed by atoms with Gasteiger partial charge in [-0.2, -0.15) is 0 Å². The lowest BCUT2D eigenvalue weighted by molar-refractivity contribution is 0.252. The van der Waals surface area contributed by atoms with Gasteiger partial charge in [0.2, 0.25) is 15.2 Å². The summed E-state index contributed by atoms with van der Waals surface area (Å²) in [5.74, 6) is 0.214. The van der Waals surface area contributed by atoms with Crippen LogP contribution in [0.4, 0.5) is 10.6 Å². The Kier molecular flexibility index (Phi) is 6.22. The van der Waals surface area contributed by atoms with Gasteiger partial charge in [-0.05, 0) is 12.8 Å². The summed E-state index contributed by atoms with van der Waals surface area (Å²) in [6.07, 6.45) is 8.40. The van der Waals surface area contributed by atoms with Crippen LogP contribution in [-0.4, -0.2) is 47.6 Å². The highest BCUT2D eigenvalue weighted by atomic mass is 32.2. The second-order valence-electron chi connectivity index (χ2n) is 6.11. The Morgan fingerprint density at radius 3 is 2.85 bits per heavy atom. The molecule has 2 aromatic rings. The van der Waals surface area contributed by atoms with E-state index in [1.165, 1.54) is 11.3 Å². The van der Waals surface area contributed by atoms with Gasteiger partial charge >= 0.3 is 6.03 Å². The van der Waals surface area contributed by atoms with Gasteiger partial charge in [-0.25, -0.2) is 27.6 Å². The van der Waals surface area contributed by atoms with Gasteiger partial charge in [-0.1, -0.05) is 19.3 Å². The lowest BCUT2D eigenvalue weighted by atomic mass is 9.96. The molecule has 1 aliphatic rings. The van der Waals surface area contributed by atoms with Crippen molar-refractivity contribution < 1.29 is 13.2 Å². The third-order valence-electron chi connectivity index (χ3n) is 4.05. The monoisotopic (exact) mass is 398 g/mol. The molecule has 3 N–H and O–H groups in total. The molecule has 0 radical (unpaired) electrons. The number of thiazole rings is 1. The summed E-state index contributed by atoms with van der Waals surface area (Å²) >= 11 is 1.43. The van der Waals surface area contributed by atoms with Crippen molar-refractivity contribution in [3.8, 4) is 5.13 Å². The zero-order chi connectivity index (χ0) is 18.4. The molecule has 0 spiro atoms. The number of hydrogen-bond acceptors (Lipinski definition) is 6. The maximum atomic E-state index is 12.1. The lowest BCUT2D eigenvalue weighted by Crippen LogP contribution is -2.41. The van der Waals surface area contributed by atoms with Crippen LogP contribution in [-0.2, 0) is 10.0 Å². The van der Waals surface area contributed by atoms with Crippen LogP contribution in [0.3, 0.4) is 0 Å². The molecule has 0 aromatic carbocycles. The Morgan fingerprint density at radius 1 is 1.31 bits per heavy atom. The van der Waals surface area contributed by atoms with Gasteiger partial charge in [0.1, 0.15) is 0 Å². The van der Waals surface area contributed by atoms with E-state index >= 15 is 0 Å². The van der Waals surface area contributed by atoms with Gasteiger partial charge in [0.25, 0.3) is 0 Å². The summed E-state index contributed by atoms with van der Waals surface area (Å²) in [4.78, 5) is 16.0. The van der Waals surface area contributed by atoms with E-state index < -0.39 is 16.1 Å². The first kappa shape index (κ1) is 18.8. The van der Waals surface area contributed by atoms with E-state index in [4.69, 9.17) is 0 Å². The lowest BCUT2D eigenvalue weighted by Gasteiger charge is -2.22. The quantitative estimate of drug-likeness (QED) is 0.656. The van der Waals surface area contributed by atoms with Gasteiger partial charge in [-0.15, -0.1) is 16.4 Å². The van der Waals surface area contributed by atoms with Gasteiger partial charge < -0.3 is 5.32 Å². The summed E-state index contributed by atoms with van der Waals surface area (Å²) in [7, 11) is -3.39. The normalized spacial score (nSPS) is 15.7. The highest BCUT2D eigenvalue weighted by Gasteiger charge is 2.20. The Hall–Kier alpha value is -1.98. The first-order valence-corrected chi connectivity index (χ1v) is 11.1. The van der Waals surface area contributed by atoms with Crippen molar-refractivity contribution in [2.75, 3.05) is 17.6 Å². The van der Waals surface area contributed by atoms with Crippen molar-refractivity contribution in [2.45, 2.75) is 38.1 Å². The molecule has 1 fully saturated rings. The molecule has 0 aliphatic heterocycles. The summed E-state index contributed by atoms with van der Waals surface area (Å²) in [6.45, 7) is 0.0288. The summed E-state index contributed by atoms with van der Waals surface area (Å²) < 4.78 is 28.4. The van der Waals surface area contributed by atoms with Crippen LogP contribution in [0.15, 0.2) is 23.8 Å². The number of nitrogens with zero attached hydrogens (tertiary/aromatic N) is 3. The number of amides is 2. The Balaban J connectivity index is 1.41. The molecule has 0 saturated heterocycles. The Labute approximate surface area is 156 Å². The van der Waals surface area contributed by atoms with Gasteiger partial charge in [0.15, 0.2) is 5.82 Å². The van der Waals surface area contributed by atoms with Crippen molar-refractivity contribution in [1.82, 2.24) is 24.8 Å². The van der Waals surface area contributed by atoms with Crippen LogP contribution in [0.5, 0.6) is 0 Å². The maximum absolute atomic E-state index is 12.1. The molecule has 3 rings (SSSR count). The SMILES string of the molecule is O=C(NCCS(=O)(=O)NC1CCCCC1)Nc1ccn(-c2nccs2)n1. The molecule has 0 unspecified atom stereocenters. The van der Waals surface area contributed by atoms with E-state index in [0.29, 0.717) is 10.9 Å². The Bertz CT molecular complexity index is 812. The highest BCUT2D eigenvalue weighted by molar-refractivity contribution is 7.89. The van der Waals surface area contributed by atoms with Crippen LogP contribution in [0, 0.1) is 0 Å². The number of sulfonamides is 1. The first-order valence-electron chi connectivity index (χ1n) is 8.52. The summed E-state index contributed by atoms with van der Waals surface area (Å²) in [5, 5.41) is 11.8. The van der Waals surface area contributed by atoms with Gasteiger partial charge in [0.05, 0.1) is 5.75 Å². The van der Waals surface area contributed by atoms with Crippen LogP contribution >= 0.6 is 11.3 Å². The number of rotatable bonds is 7. The molecular formula is C15H22N6O3S2. The molecule has 2 amide bonds. The minimum atomic E-state index is -3.39. The standard InChI is InChI=1S/C15H22N6O3S2/c22-14(18-13-6-9-21(19-13)15-17-7-10-25-15)16-8-11-26(23,24)20-12-4-2-1-3-5-12/h6-7,9-10,12,20H,1-5,8,11H2,(H2,16,18,19,22). The zero-order valence-corrected chi connectivity index (χ0v) is 15.9. The molecule has 0 bridgehead atoms. The molecule has 26 heavy (non-hydrogen) atoms. The fraction of sp³-hybridized carbons (Fsp3) is 0.533. The number of carbonyl (C=O) groups is 1. The third kappa shape index (κ3) is 5.51. The fourth-order valence-electron chi connectivity index (χ4n) is 2.82. The predicted molar refractivity (Wildman–Crippen MR) is 100 cm³/mol. The van der Waals surface area contributed by atoms with E-state index in [9.17, 15) is 13.2 Å². The molecule has 1 saturated carbocycles. The molecule has 142 valence electrons. The topological polar surface area (TPSA) is 118 Å². The summed E-state index contributed by atoms with van der Waals surface area (Å²) in [6, 6.07) is 1.17. The van der Waals surface area contributed by atoms with Crippen molar-refractivity contribution in [3.63, 3.8) is 0 Å². The third-order valence-corrected chi connectivity index (χ3v) is 6.25. The molecule has 1 aliphatic carbocycles. The predicted octanol–water partition coefficient (Wildman–Crippen LogP) is 1.70. The van der Waals surface area contributed by atoms with Crippen molar-refractivity contribution in [2.24, 2.45) is 0 Å². The molecular weight excluding hydrogens is 376 g/mol. The smallest absolute Gasteiger partial charge is 0.320 e. The molecule has 11 heteroatoms. The average Bonchev–Trinajstić information content (AvgIpc) is 3.26. The number of aromatic nitrogens is 3. The maximum Gasteiger partial charge on any atom is 0.320 e. The minimum Gasteiger partial charge on any atom is -0.337 e. The average molecular weight is 399 g/mol. The first-order chi connectivity index (χ1) is 12.5.